The highest BCUT2D eigenvalue weighted by Gasteiger charge is 2.47. The van der Waals surface area contributed by atoms with Crippen molar-refractivity contribution < 1.29 is 28.9 Å². The Morgan fingerprint density at radius 1 is 1.00 bits per heavy atom. The van der Waals surface area contributed by atoms with E-state index in [0.29, 0.717) is 45.1 Å². The van der Waals surface area contributed by atoms with Crippen molar-refractivity contribution in [3.05, 3.63) is 87.9 Å². The minimum Gasteiger partial charge on any atom is -0.507 e. The molecule has 0 aromatic heterocycles. The van der Waals surface area contributed by atoms with Gasteiger partial charge in [-0.3, -0.25) is 14.5 Å². The minimum absolute atomic E-state index is 0.00569. The Bertz CT molecular complexity index is 1330. The maximum absolute atomic E-state index is 13.4. The fourth-order valence-corrected chi connectivity index (χ4v) is 4.79. The first-order valence-electron chi connectivity index (χ1n) is 11.9. The molecule has 37 heavy (non-hydrogen) atoms. The van der Waals surface area contributed by atoms with Crippen molar-refractivity contribution >= 4 is 39.1 Å². The number of ether oxygens (including phenoxy) is 3. The quantitative estimate of drug-likeness (QED) is 0.197. The summed E-state index contributed by atoms with van der Waals surface area (Å²) in [6.07, 6.45) is -0.00569. The first kappa shape index (κ1) is 26.3. The number of carbonyl (C=O) groups excluding carboxylic acids is 2. The number of Topliss-reactive ketones (excluding diaryl/α,β-unsaturated/α-hetero) is 1. The summed E-state index contributed by atoms with van der Waals surface area (Å²) in [7, 11) is 1.54. The van der Waals surface area contributed by atoms with Crippen molar-refractivity contribution in [2.75, 3.05) is 18.6 Å². The van der Waals surface area contributed by atoms with E-state index in [4.69, 9.17) is 14.2 Å². The molecule has 1 unspecified atom stereocenters. The highest BCUT2D eigenvalue weighted by atomic mass is 79.9. The van der Waals surface area contributed by atoms with Gasteiger partial charge < -0.3 is 19.3 Å². The van der Waals surface area contributed by atoms with E-state index in [-0.39, 0.29) is 17.4 Å². The largest absolute Gasteiger partial charge is 0.507 e. The number of aliphatic hydroxyl groups is 1. The third kappa shape index (κ3) is 5.34. The number of ketones is 1. The predicted octanol–water partition coefficient (Wildman–Crippen LogP) is 6.27. The average Bonchev–Trinajstić information content (AvgIpc) is 3.14. The summed E-state index contributed by atoms with van der Waals surface area (Å²) in [5.74, 6) is 0.108. The first-order valence-corrected chi connectivity index (χ1v) is 12.7. The van der Waals surface area contributed by atoms with Crippen LogP contribution in [0.2, 0.25) is 0 Å². The molecule has 0 aliphatic carbocycles. The van der Waals surface area contributed by atoms with E-state index in [9.17, 15) is 14.7 Å². The zero-order chi connectivity index (χ0) is 26.7. The number of rotatable bonds is 8. The second-order valence-corrected chi connectivity index (χ2v) is 9.54. The van der Waals surface area contributed by atoms with Crippen LogP contribution in [0.5, 0.6) is 17.2 Å². The number of anilines is 1. The number of aliphatic hydroxyl groups excluding tert-OH is 1. The van der Waals surface area contributed by atoms with Gasteiger partial charge in [-0.05, 0) is 96.9 Å². The summed E-state index contributed by atoms with van der Waals surface area (Å²) in [6.45, 7) is 6.26. The van der Waals surface area contributed by atoms with Gasteiger partial charge in [0.2, 0.25) is 0 Å². The van der Waals surface area contributed by atoms with E-state index >= 15 is 0 Å². The number of hydrogen-bond donors (Lipinski definition) is 1. The smallest absolute Gasteiger partial charge is 0.300 e. The van der Waals surface area contributed by atoms with Gasteiger partial charge in [0.05, 0.1) is 35.9 Å². The molecule has 1 heterocycles. The molecule has 1 fully saturated rings. The molecule has 0 saturated carbocycles. The molecular weight excluding hydrogens is 538 g/mol. The van der Waals surface area contributed by atoms with Crippen LogP contribution < -0.4 is 19.1 Å². The van der Waals surface area contributed by atoms with E-state index in [1.807, 2.05) is 20.8 Å². The van der Waals surface area contributed by atoms with E-state index in [2.05, 4.69) is 15.9 Å². The van der Waals surface area contributed by atoms with Gasteiger partial charge in [-0.15, -0.1) is 0 Å². The van der Waals surface area contributed by atoms with Crippen molar-refractivity contribution in [3.8, 4) is 17.2 Å². The van der Waals surface area contributed by atoms with Crippen LogP contribution in [-0.4, -0.2) is 36.6 Å². The van der Waals surface area contributed by atoms with Gasteiger partial charge in [0, 0.05) is 11.3 Å². The molecule has 1 aliphatic heterocycles. The lowest BCUT2D eigenvalue weighted by Crippen LogP contribution is -2.29. The van der Waals surface area contributed by atoms with E-state index in [0.717, 1.165) is 0 Å². The van der Waals surface area contributed by atoms with Crippen LogP contribution in [0.3, 0.4) is 0 Å². The number of nitrogens with zero attached hydrogens (tertiary/aromatic N) is 1. The number of benzene rings is 3. The Kier molecular flexibility index (Phi) is 7.88. The molecule has 3 aromatic rings. The number of amides is 1. The lowest BCUT2D eigenvalue weighted by Gasteiger charge is -2.26. The molecule has 4 rings (SSSR count). The van der Waals surface area contributed by atoms with Crippen molar-refractivity contribution in [1.82, 2.24) is 0 Å². The third-order valence-electron chi connectivity index (χ3n) is 5.86. The molecule has 0 spiro atoms. The fraction of sp³-hybridized carbons (Fsp3) is 0.241. The van der Waals surface area contributed by atoms with Crippen LogP contribution >= 0.6 is 15.9 Å². The topological polar surface area (TPSA) is 85.3 Å². The minimum atomic E-state index is -0.855. The summed E-state index contributed by atoms with van der Waals surface area (Å²) in [5.41, 5.74) is 1.53. The zero-order valence-electron chi connectivity index (χ0n) is 21.0. The molecule has 8 heteroatoms. The van der Waals surface area contributed by atoms with Gasteiger partial charge in [0.1, 0.15) is 23.0 Å². The molecule has 1 amide bonds. The number of carbonyl (C=O) groups is 2. The van der Waals surface area contributed by atoms with Gasteiger partial charge in [-0.25, -0.2) is 0 Å². The van der Waals surface area contributed by atoms with Gasteiger partial charge in [-0.1, -0.05) is 12.1 Å². The number of hydrogen-bond acceptors (Lipinski definition) is 6. The van der Waals surface area contributed by atoms with Gasteiger partial charge >= 0.3 is 0 Å². The number of halogens is 1. The molecule has 1 atom stereocenters. The summed E-state index contributed by atoms with van der Waals surface area (Å²) < 4.78 is 17.2. The summed E-state index contributed by atoms with van der Waals surface area (Å²) in [6, 6.07) is 18.2. The fourth-order valence-electron chi connectivity index (χ4n) is 4.25. The second-order valence-electron chi connectivity index (χ2n) is 8.68. The molecular formula is C29H28BrNO6. The predicted molar refractivity (Wildman–Crippen MR) is 145 cm³/mol. The van der Waals surface area contributed by atoms with Gasteiger partial charge in [-0.2, -0.15) is 0 Å². The Morgan fingerprint density at radius 2 is 1.65 bits per heavy atom. The molecule has 7 nitrogen and oxygen atoms in total. The van der Waals surface area contributed by atoms with Gasteiger partial charge in [0.15, 0.2) is 0 Å². The standard InChI is InChI=1S/C29H28BrNO6/c1-5-36-21-13-9-20(10-14-21)31-26(18-6-11-22(12-7-18)37-17(2)3)25(28(33)29(31)34)27(32)19-8-15-24(35-4)23(30)16-19/h6-17,26,32H,5H2,1-4H3/b27-25-. The number of methoxy groups -OCH3 is 1. The monoisotopic (exact) mass is 565 g/mol. The average molecular weight is 566 g/mol. The summed E-state index contributed by atoms with van der Waals surface area (Å²) in [5, 5.41) is 11.4. The Hall–Kier alpha value is -3.78. The van der Waals surface area contributed by atoms with Crippen LogP contribution in [0.15, 0.2) is 76.8 Å². The van der Waals surface area contributed by atoms with Crippen molar-refractivity contribution in [3.63, 3.8) is 0 Å². The molecule has 0 radical (unpaired) electrons. The van der Waals surface area contributed by atoms with Crippen molar-refractivity contribution in [1.29, 1.82) is 0 Å². The van der Waals surface area contributed by atoms with Crippen molar-refractivity contribution in [2.24, 2.45) is 0 Å². The van der Waals surface area contributed by atoms with Crippen LogP contribution in [0, 0.1) is 0 Å². The normalized spacial score (nSPS) is 16.8. The zero-order valence-corrected chi connectivity index (χ0v) is 22.6. The summed E-state index contributed by atoms with van der Waals surface area (Å²) >= 11 is 3.42. The van der Waals surface area contributed by atoms with Crippen molar-refractivity contribution in [2.45, 2.75) is 32.9 Å². The Balaban J connectivity index is 1.86. The molecule has 192 valence electrons. The lowest BCUT2D eigenvalue weighted by atomic mass is 9.95. The second kappa shape index (κ2) is 11.1. The molecule has 1 saturated heterocycles. The molecule has 0 bridgehead atoms. The molecule has 3 aromatic carbocycles. The molecule has 1 aliphatic rings. The highest BCUT2D eigenvalue weighted by molar-refractivity contribution is 9.10. The molecule has 1 N–H and O–H groups in total. The lowest BCUT2D eigenvalue weighted by molar-refractivity contribution is -0.132. The highest BCUT2D eigenvalue weighted by Crippen LogP contribution is 2.43. The van der Waals surface area contributed by atoms with Crippen LogP contribution in [0.1, 0.15) is 37.9 Å². The van der Waals surface area contributed by atoms with E-state index < -0.39 is 17.7 Å². The van der Waals surface area contributed by atoms with Gasteiger partial charge in [0.25, 0.3) is 11.7 Å². The first-order chi connectivity index (χ1) is 17.7. The van der Waals surface area contributed by atoms with Crippen LogP contribution in [-0.2, 0) is 9.59 Å². The van der Waals surface area contributed by atoms with Crippen LogP contribution in [0.4, 0.5) is 5.69 Å². The Labute approximate surface area is 224 Å². The van der Waals surface area contributed by atoms with E-state index in [1.54, 1.807) is 66.7 Å². The van der Waals surface area contributed by atoms with E-state index in [1.165, 1.54) is 12.0 Å². The third-order valence-corrected chi connectivity index (χ3v) is 6.48. The Morgan fingerprint density at radius 3 is 2.22 bits per heavy atom. The SMILES string of the molecule is CCOc1ccc(N2C(=O)C(=O)/C(=C(\O)c3ccc(OC)c(Br)c3)C2c2ccc(OC(C)C)cc2)cc1. The maximum atomic E-state index is 13.4. The summed E-state index contributed by atoms with van der Waals surface area (Å²) in [4.78, 5) is 28.2. The maximum Gasteiger partial charge on any atom is 0.300 e. The van der Waals surface area contributed by atoms with Crippen LogP contribution in [0.25, 0.3) is 5.76 Å².